The second kappa shape index (κ2) is 14.6. The number of aryl methyl sites for hydroxylation is 1. The van der Waals surface area contributed by atoms with Crippen LogP contribution in [0.4, 0.5) is 25.8 Å². The van der Waals surface area contributed by atoms with Crippen molar-refractivity contribution in [2.75, 3.05) is 4.90 Å². The first-order valence-electron chi connectivity index (χ1n) is 23.9. The van der Waals surface area contributed by atoms with E-state index in [4.69, 9.17) is 0 Å². The van der Waals surface area contributed by atoms with Gasteiger partial charge in [0.25, 0.3) is 5.92 Å². The number of hydrogen-bond donors (Lipinski definition) is 0. The van der Waals surface area contributed by atoms with Gasteiger partial charge in [-0.3, -0.25) is 0 Å². The number of nitrogens with zero attached hydrogens (tertiary/aromatic N) is 1. The molecule has 1 spiro atoms. The van der Waals surface area contributed by atoms with E-state index in [1.807, 2.05) is 12.1 Å². The first-order chi connectivity index (χ1) is 32.7. The Morgan fingerprint density at radius 1 is 0.500 bits per heavy atom. The lowest BCUT2D eigenvalue weighted by molar-refractivity contribution is 0.0174. The highest BCUT2D eigenvalue weighted by atomic mass is 19.3. The van der Waals surface area contributed by atoms with Crippen molar-refractivity contribution in [3.8, 4) is 44.5 Å². The summed E-state index contributed by atoms with van der Waals surface area (Å²) in [4.78, 5) is 2.46. The van der Waals surface area contributed by atoms with Crippen LogP contribution in [0.15, 0.2) is 194 Å². The predicted molar refractivity (Wildman–Crippen MR) is 280 cm³/mol. The van der Waals surface area contributed by atoms with Crippen molar-refractivity contribution in [3.63, 3.8) is 0 Å². The summed E-state index contributed by atoms with van der Waals surface area (Å²) in [7, 11) is 0. The zero-order valence-electron chi connectivity index (χ0n) is 39.7. The molecule has 68 heavy (non-hydrogen) atoms. The molecule has 8 aromatic rings. The third-order valence-electron chi connectivity index (χ3n) is 15.8. The molecule has 0 amide bonds. The largest absolute Gasteiger partial charge is 0.310 e. The number of fused-ring (bicyclic) bond motifs is 14. The number of alkyl halides is 2. The molecule has 3 heteroatoms. The van der Waals surface area contributed by atoms with Crippen LogP contribution in [0.25, 0.3) is 50.1 Å². The molecule has 12 rings (SSSR count). The minimum atomic E-state index is -3.03. The van der Waals surface area contributed by atoms with E-state index in [1.54, 1.807) is 12.1 Å². The highest BCUT2D eigenvalue weighted by Gasteiger charge is 2.53. The van der Waals surface area contributed by atoms with Crippen LogP contribution >= 0.6 is 0 Å². The van der Waals surface area contributed by atoms with Gasteiger partial charge in [0, 0.05) is 40.3 Å². The fraction of sp³-hybridized carbons (Fsp3) is 0.169. The second-order valence-corrected chi connectivity index (χ2v) is 20.4. The average molecular weight is 886 g/mol. The van der Waals surface area contributed by atoms with E-state index < -0.39 is 11.3 Å². The van der Waals surface area contributed by atoms with Crippen molar-refractivity contribution < 1.29 is 8.78 Å². The van der Waals surface area contributed by atoms with Crippen LogP contribution in [0.2, 0.25) is 0 Å². The molecule has 332 valence electrons. The van der Waals surface area contributed by atoms with Crippen molar-refractivity contribution in [2.45, 2.75) is 70.6 Å². The normalized spacial score (nSPS) is 17.4. The Kier molecular flexibility index (Phi) is 9.00. The molecule has 0 heterocycles. The summed E-state index contributed by atoms with van der Waals surface area (Å²) >= 11 is 0. The van der Waals surface area contributed by atoms with Gasteiger partial charge in [-0.1, -0.05) is 185 Å². The molecule has 0 aliphatic heterocycles. The number of hydrogen-bond acceptors (Lipinski definition) is 1. The van der Waals surface area contributed by atoms with Gasteiger partial charge in [0.15, 0.2) is 0 Å². The van der Waals surface area contributed by atoms with Crippen LogP contribution in [0.3, 0.4) is 0 Å². The van der Waals surface area contributed by atoms with Crippen molar-refractivity contribution in [3.05, 3.63) is 250 Å². The molecule has 4 aliphatic carbocycles. The lowest BCUT2D eigenvalue weighted by atomic mass is 9.68. The predicted octanol–water partition coefficient (Wildman–Crippen LogP) is 17.7. The third-order valence-corrected chi connectivity index (χ3v) is 15.8. The Morgan fingerprint density at radius 3 is 1.69 bits per heavy atom. The topological polar surface area (TPSA) is 3.24 Å². The van der Waals surface area contributed by atoms with Crippen LogP contribution in [0, 0.1) is 6.92 Å². The Morgan fingerprint density at radius 2 is 1.01 bits per heavy atom. The van der Waals surface area contributed by atoms with Gasteiger partial charge < -0.3 is 4.90 Å². The van der Waals surface area contributed by atoms with E-state index in [-0.39, 0.29) is 16.4 Å². The minimum absolute atomic E-state index is 0.0167. The Bertz CT molecular complexity index is 3550. The Labute approximate surface area is 399 Å². The molecular formula is C65H53F2N. The average Bonchev–Trinajstić information content (AvgIpc) is 3.95. The van der Waals surface area contributed by atoms with Gasteiger partial charge >= 0.3 is 0 Å². The second-order valence-electron chi connectivity index (χ2n) is 20.4. The zero-order valence-corrected chi connectivity index (χ0v) is 39.7. The van der Waals surface area contributed by atoms with Crippen LogP contribution in [-0.2, 0) is 22.2 Å². The van der Waals surface area contributed by atoms with Gasteiger partial charge in [0.2, 0.25) is 0 Å². The van der Waals surface area contributed by atoms with E-state index in [1.165, 1.54) is 44.5 Å². The summed E-state index contributed by atoms with van der Waals surface area (Å²) in [6.07, 6.45) is 6.36. The lowest BCUT2D eigenvalue weighted by Crippen LogP contribution is -2.27. The van der Waals surface area contributed by atoms with Gasteiger partial charge in [-0.15, -0.1) is 0 Å². The van der Waals surface area contributed by atoms with E-state index in [0.717, 1.165) is 85.2 Å². The highest BCUT2D eigenvalue weighted by molar-refractivity contribution is 6.02. The number of halogens is 2. The summed E-state index contributed by atoms with van der Waals surface area (Å²) in [5.41, 5.74) is 23.7. The number of allylic oxidation sites excluding steroid dienone is 5. The molecule has 1 atom stereocenters. The van der Waals surface area contributed by atoms with Crippen molar-refractivity contribution in [2.24, 2.45) is 0 Å². The van der Waals surface area contributed by atoms with Gasteiger partial charge in [-0.05, 0) is 145 Å². The highest BCUT2D eigenvalue weighted by Crippen LogP contribution is 2.66. The van der Waals surface area contributed by atoms with E-state index >= 15 is 8.78 Å². The third kappa shape index (κ3) is 5.59. The van der Waals surface area contributed by atoms with Crippen molar-refractivity contribution in [1.29, 1.82) is 0 Å². The molecule has 0 saturated carbocycles. The standard InChI is InChI=1S/C65H53F2N/c1-9-18-43-46-33-29-41(37-56(46)62(4,5)53(43)10-2)68(42-30-34-47-44-19-11-14-24-54(44)63(6,7)57(47)38-42)60-26-16-13-21-50(60)52-23-17-22-51-45-20-12-15-25-55(45)65(61(51)52)58-35-39(3)27-31-48(58)49-32-28-40(36-59(49)65)64(8,66)67/h9-38H,2H2,1,3-8H3/b18-9-. The first kappa shape index (κ1) is 42.0. The van der Waals surface area contributed by atoms with Crippen molar-refractivity contribution in [1.82, 2.24) is 0 Å². The molecule has 0 radical (unpaired) electrons. The molecule has 0 bridgehead atoms. The molecule has 0 N–H and O–H groups in total. The fourth-order valence-electron chi connectivity index (χ4n) is 12.8. The number of para-hydroxylation sites is 1. The van der Waals surface area contributed by atoms with Crippen LogP contribution in [0.1, 0.15) is 97.2 Å². The van der Waals surface area contributed by atoms with Gasteiger partial charge in [0.1, 0.15) is 0 Å². The van der Waals surface area contributed by atoms with Crippen LogP contribution in [0.5, 0.6) is 0 Å². The first-order valence-corrected chi connectivity index (χ1v) is 23.9. The summed E-state index contributed by atoms with van der Waals surface area (Å²) in [5.74, 6) is -3.03. The maximum atomic E-state index is 15.6. The number of anilines is 3. The summed E-state index contributed by atoms with van der Waals surface area (Å²) in [6, 6.07) is 58.9. The zero-order chi connectivity index (χ0) is 47.1. The van der Waals surface area contributed by atoms with Gasteiger partial charge in [0.05, 0.1) is 11.1 Å². The smallest absolute Gasteiger partial charge is 0.270 e. The quantitative estimate of drug-likeness (QED) is 0.154. The maximum Gasteiger partial charge on any atom is 0.270 e. The van der Waals surface area contributed by atoms with Crippen molar-refractivity contribution >= 4 is 22.6 Å². The molecule has 4 aliphatic rings. The number of rotatable bonds is 7. The fourth-order valence-corrected chi connectivity index (χ4v) is 12.8. The van der Waals surface area contributed by atoms with E-state index in [9.17, 15) is 0 Å². The molecule has 0 fully saturated rings. The van der Waals surface area contributed by atoms with E-state index in [2.05, 4.69) is 211 Å². The molecule has 1 nitrogen and oxygen atoms in total. The molecule has 1 unspecified atom stereocenters. The number of benzene rings is 8. The molecule has 0 saturated heterocycles. The van der Waals surface area contributed by atoms with Gasteiger partial charge in [-0.25, -0.2) is 8.78 Å². The molecule has 0 aromatic heterocycles. The summed E-state index contributed by atoms with van der Waals surface area (Å²) in [5, 5.41) is 0. The monoisotopic (exact) mass is 885 g/mol. The summed E-state index contributed by atoms with van der Waals surface area (Å²) in [6.45, 7) is 18.8. The Balaban J connectivity index is 1.15. The maximum absolute atomic E-state index is 15.6. The Hall–Kier alpha value is -7.36. The SMILES string of the molecule is C=CC1=C(/C=C\C)c2ccc(N(c3ccc4c(c3)C(C)(C)c3ccccc3-4)c3ccccc3-c3cccc4c3C3(c5cc(C)ccc5-c5ccc(C(C)(F)F)cc53)c3ccccc3-4)cc2C1(C)C. The van der Waals surface area contributed by atoms with E-state index in [0.29, 0.717) is 0 Å². The van der Waals surface area contributed by atoms with Gasteiger partial charge in [-0.2, -0.15) is 0 Å². The molecular weight excluding hydrogens is 833 g/mol. The lowest BCUT2D eigenvalue weighted by Gasteiger charge is -2.34. The van der Waals surface area contributed by atoms with Crippen LogP contribution in [-0.4, -0.2) is 0 Å². The van der Waals surface area contributed by atoms with Crippen LogP contribution < -0.4 is 4.90 Å². The molecule has 8 aromatic carbocycles. The minimum Gasteiger partial charge on any atom is -0.310 e. The summed E-state index contributed by atoms with van der Waals surface area (Å²) < 4.78 is 31.2.